The van der Waals surface area contributed by atoms with Gasteiger partial charge >= 0.3 is 0 Å². The summed E-state index contributed by atoms with van der Waals surface area (Å²) >= 11 is 0. The van der Waals surface area contributed by atoms with Gasteiger partial charge in [-0.2, -0.15) is 0 Å². The second kappa shape index (κ2) is 5.87. The summed E-state index contributed by atoms with van der Waals surface area (Å²) in [6.45, 7) is 0. The number of nitro benzene ring substituents is 1. The van der Waals surface area contributed by atoms with Gasteiger partial charge in [0.2, 0.25) is 0 Å². The third-order valence-electron chi connectivity index (χ3n) is 2.76. The zero-order valence-corrected chi connectivity index (χ0v) is 10.7. The molecule has 0 unspecified atom stereocenters. The van der Waals surface area contributed by atoms with E-state index in [1.807, 2.05) is 0 Å². The molecule has 2 aromatic rings. The van der Waals surface area contributed by atoms with Gasteiger partial charge in [-0.15, -0.1) is 0 Å². The lowest BCUT2D eigenvalue weighted by atomic mass is 10.1. The van der Waals surface area contributed by atoms with Gasteiger partial charge in [0.15, 0.2) is 5.78 Å². The number of hydrogen-bond acceptors (Lipinski definition) is 5. The van der Waals surface area contributed by atoms with E-state index < -0.39 is 16.4 Å². The minimum atomic E-state index is -0.762. The Balaban J connectivity index is 2.21. The standard InChI is InChI=1S/C15H11NO5/c17-12-5-3-11(4-6-12)14(18)7-1-10-2-8-15(19)13(9-10)16(20)21/h1-9,17,19H/p-1/b7-1+. The molecule has 0 fully saturated rings. The topological polar surface area (TPSA) is 104 Å². The van der Waals surface area contributed by atoms with E-state index in [0.717, 1.165) is 12.1 Å². The Morgan fingerprint density at radius 2 is 1.81 bits per heavy atom. The predicted octanol–water partition coefficient (Wildman–Crippen LogP) is 2.27. The lowest BCUT2D eigenvalue weighted by Crippen LogP contribution is -1.98. The van der Waals surface area contributed by atoms with Crippen molar-refractivity contribution >= 4 is 17.5 Å². The minimum Gasteiger partial charge on any atom is -0.868 e. The van der Waals surface area contributed by atoms with E-state index in [-0.39, 0.29) is 11.5 Å². The summed E-state index contributed by atoms with van der Waals surface area (Å²) in [6.07, 6.45) is 2.64. The van der Waals surface area contributed by atoms with Crippen molar-refractivity contribution in [2.75, 3.05) is 0 Å². The van der Waals surface area contributed by atoms with E-state index in [1.54, 1.807) is 0 Å². The molecule has 0 saturated heterocycles. The molecule has 0 atom stereocenters. The van der Waals surface area contributed by atoms with E-state index in [9.17, 15) is 20.0 Å². The number of aromatic hydroxyl groups is 1. The number of hydrogen-bond donors (Lipinski definition) is 1. The first-order chi connectivity index (χ1) is 9.97. The first-order valence-corrected chi connectivity index (χ1v) is 5.94. The zero-order valence-electron chi connectivity index (χ0n) is 10.7. The number of benzene rings is 2. The van der Waals surface area contributed by atoms with Gasteiger partial charge < -0.3 is 10.2 Å². The van der Waals surface area contributed by atoms with E-state index >= 15 is 0 Å². The van der Waals surface area contributed by atoms with Gasteiger partial charge in [-0.3, -0.25) is 14.9 Å². The maximum Gasteiger partial charge on any atom is 0.262 e. The van der Waals surface area contributed by atoms with Crippen molar-refractivity contribution in [2.24, 2.45) is 0 Å². The smallest absolute Gasteiger partial charge is 0.262 e. The zero-order chi connectivity index (χ0) is 15.4. The predicted molar refractivity (Wildman–Crippen MR) is 74.0 cm³/mol. The molecule has 6 heteroatoms. The van der Waals surface area contributed by atoms with Crippen LogP contribution in [0.25, 0.3) is 6.08 Å². The molecule has 21 heavy (non-hydrogen) atoms. The monoisotopic (exact) mass is 284 g/mol. The molecule has 0 saturated carbocycles. The van der Waals surface area contributed by atoms with Crippen LogP contribution in [0, 0.1) is 10.1 Å². The van der Waals surface area contributed by atoms with E-state index in [4.69, 9.17) is 5.11 Å². The molecule has 2 rings (SSSR count). The number of nitro groups is 1. The summed E-state index contributed by atoms with van der Waals surface area (Å²) < 4.78 is 0. The summed E-state index contributed by atoms with van der Waals surface area (Å²) in [5, 5.41) is 31.0. The Morgan fingerprint density at radius 1 is 1.14 bits per heavy atom. The lowest BCUT2D eigenvalue weighted by molar-refractivity contribution is -0.398. The van der Waals surface area contributed by atoms with Gasteiger partial charge in [-0.25, -0.2) is 0 Å². The summed E-state index contributed by atoms with van der Waals surface area (Å²) in [5.74, 6) is -0.942. The first-order valence-electron chi connectivity index (χ1n) is 5.94. The molecular weight excluding hydrogens is 274 g/mol. The molecule has 0 aliphatic rings. The van der Waals surface area contributed by atoms with E-state index in [2.05, 4.69) is 0 Å². The number of nitrogens with zero attached hydrogens (tertiary/aromatic N) is 1. The van der Waals surface area contributed by atoms with Crippen LogP contribution in [0.2, 0.25) is 0 Å². The Hall–Kier alpha value is -3.15. The highest BCUT2D eigenvalue weighted by Crippen LogP contribution is 2.24. The Kier molecular flexibility index (Phi) is 3.99. The number of carbonyl (C=O) groups excluding carboxylic acids is 1. The van der Waals surface area contributed by atoms with Crippen molar-refractivity contribution in [1.82, 2.24) is 0 Å². The molecule has 0 radical (unpaired) electrons. The van der Waals surface area contributed by atoms with E-state index in [0.29, 0.717) is 11.1 Å². The average molecular weight is 284 g/mol. The van der Waals surface area contributed by atoms with Crippen molar-refractivity contribution in [3.05, 3.63) is 69.8 Å². The lowest BCUT2D eigenvalue weighted by Gasteiger charge is -2.06. The number of allylic oxidation sites excluding steroid dienone is 1. The largest absolute Gasteiger partial charge is 0.868 e. The molecule has 0 amide bonds. The molecule has 0 aliphatic carbocycles. The highest BCUT2D eigenvalue weighted by atomic mass is 16.6. The van der Waals surface area contributed by atoms with Crippen molar-refractivity contribution in [3.8, 4) is 11.5 Å². The Bertz CT molecular complexity index is 719. The fourth-order valence-electron chi connectivity index (χ4n) is 1.67. The Morgan fingerprint density at radius 3 is 2.43 bits per heavy atom. The highest BCUT2D eigenvalue weighted by molar-refractivity contribution is 6.06. The molecule has 0 aromatic heterocycles. The third-order valence-corrected chi connectivity index (χ3v) is 2.76. The molecular formula is C15H10NO5-. The first kappa shape index (κ1) is 14.3. The average Bonchev–Trinajstić information content (AvgIpc) is 2.46. The van der Waals surface area contributed by atoms with Crippen LogP contribution in [-0.4, -0.2) is 15.8 Å². The van der Waals surface area contributed by atoms with E-state index in [1.165, 1.54) is 42.5 Å². The van der Waals surface area contributed by atoms with Crippen LogP contribution >= 0.6 is 0 Å². The maximum absolute atomic E-state index is 11.9. The number of phenolic OH excluding ortho intramolecular Hbond substituents is 1. The van der Waals surface area contributed by atoms with Crippen LogP contribution in [0.15, 0.2) is 48.5 Å². The second-order valence-corrected chi connectivity index (χ2v) is 4.23. The summed E-state index contributed by atoms with van der Waals surface area (Å²) in [4.78, 5) is 21.7. The van der Waals surface area contributed by atoms with Crippen molar-refractivity contribution in [3.63, 3.8) is 0 Å². The van der Waals surface area contributed by atoms with Gasteiger partial charge in [0.05, 0.1) is 4.92 Å². The van der Waals surface area contributed by atoms with Gasteiger partial charge in [-0.05, 0) is 41.7 Å². The Labute approximate surface area is 119 Å². The van der Waals surface area contributed by atoms with Crippen LogP contribution in [-0.2, 0) is 0 Å². The minimum absolute atomic E-state index is 0.0530. The highest BCUT2D eigenvalue weighted by Gasteiger charge is 2.07. The van der Waals surface area contributed by atoms with Crippen molar-refractivity contribution in [2.45, 2.75) is 0 Å². The molecule has 0 aliphatic heterocycles. The van der Waals surface area contributed by atoms with Gasteiger partial charge in [-0.1, -0.05) is 18.2 Å². The molecule has 106 valence electrons. The number of phenols is 1. The number of carbonyl (C=O) groups is 1. The normalized spacial score (nSPS) is 10.7. The molecule has 0 bridgehead atoms. The van der Waals surface area contributed by atoms with Crippen LogP contribution in [0.1, 0.15) is 15.9 Å². The molecule has 6 nitrogen and oxygen atoms in total. The molecule has 0 spiro atoms. The van der Waals surface area contributed by atoms with Gasteiger partial charge in [0.25, 0.3) is 5.69 Å². The van der Waals surface area contributed by atoms with Crippen molar-refractivity contribution in [1.29, 1.82) is 0 Å². The number of rotatable bonds is 4. The summed E-state index contributed by atoms with van der Waals surface area (Å²) in [5.41, 5.74) is 0.224. The summed E-state index contributed by atoms with van der Waals surface area (Å²) in [6, 6.07) is 9.30. The van der Waals surface area contributed by atoms with Gasteiger partial charge in [0.1, 0.15) is 5.75 Å². The van der Waals surface area contributed by atoms with Crippen LogP contribution in [0.4, 0.5) is 5.69 Å². The summed E-state index contributed by atoms with van der Waals surface area (Å²) in [7, 11) is 0. The molecule has 2 aromatic carbocycles. The molecule has 1 N–H and O–H groups in total. The van der Waals surface area contributed by atoms with Crippen molar-refractivity contribution < 1.29 is 19.9 Å². The molecule has 0 heterocycles. The fraction of sp³-hybridized carbons (Fsp3) is 0. The second-order valence-electron chi connectivity index (χ2n) is 4.23. The van der Waals surface area contributed by atoms with Crippen LogP contribution < -0.4 is 5.11 Å². The number of ketones is 1. The maximum atomic E-state index is 11.9. The van der Waals surface area contributed by atoms with Gasteiger partial charge in [0, 0.05) is 11.6 Å². The third kappa shape index (κ3) is 3.44. The quantitative estimate of drug-likeness (QED) is 0.401. The fourth-order valence-corrected chi connectivity index (χ4v) is 1.67. The van der Waals surface area contributed by atoms with Crippen LogP contribution in [0.3, 0.4) is 0 Å². The van der Waals surface area contributed by atoms with Crippen LogP contribution in [0.5, 0.6) is 11.5 Å². The SMILES string of the molecule is O=C(/C=C/c1ccc([O-])c([N+](=O)[O-])c1)c1ccc(O)cc1.